The number of ether oxygens (including phenoxy) is 2. The first-order valence-electron chi connectivity index (χ1n) is 7.92. The van der Waals surface area contributed by atoms with Crippen LogP contribution in [0.5, 0.6) is 11.5 Å². The number of aliphatic carboxylic acids is 1. The number of allylic oxidation sites excluding steroid dienone is 1. The molecule has 0 radical (unpaired) electrons. The lowest BCUT2D eigenvalue weighted by molar-refractivity contribution is -0.152. The average molecular weight is 409 g/mol. The van der Waals surface area contributed by atoms with Gasteiger partial charge in [0.05, 0.1) is 12.1 Å². The summed E-state index contributed by atoms with van der Waals surface area (Å²) in [6.45, 7) is 2.81. The minimum Gasteiger partial charge on any atom is -0.497 e. The molecule has 0 saturated heterocycles. The molecule has 7 heteroatoms. The van der Waals surface area contributed by atoms with Crippen LogP contribution >= 0.6 is 23.2 Å². The number of carboxylic acid groups (broad SMARTS) is 1. The Morgan fingerprint density at radius 2 is 1.67 bits per heavy atom. The van der Waals surface area contributed by atoms with Gasteiger partial charge < -0.3 is 14.6 Å². The van der Waals surface area contributed by atoms with Crippen molar-refractivity contribution in [1.82, 2.24) is 0 Å². The van der Waals surface area contributed by atoms with Crippen LogP contribution in [0.25, 0.3) is 6.08 Å². The molecule has 2 aromatic carbocycles. The number of rotatable bonds is 7. The van der Waals surface area contributed by atoms with E-state index in [0.29, 0.717) is 16.9 Å². The van der Waals surface area contributed by atoms with Crippen molar-refractivity contribution in [3.8, 4) is 11.5 Å². The number of ketones is 1. The van der Waals surface area contributed by atoms with Crippen molar-refractivity contribution in [2.24, 2.45) is 0 Å². The smallest absolute Gasteiger partial charge is 0.347 e. The van der Waals surface area contributed by atoms with Crippen LogP contribution < -0.4 is 9.47 Å². The lowest BCUT2D eigenvalue weighted by Gasteiger charge is -2.22. The quantitative estimate of drug-likeness (QED) is 0.507. The fourth-order valence-electron chi connectivity index (χ4n) is 2.09. The molecule has 0 heterocycles. The fourth-order valence-corrected chi connectivity index (χ4v) is 2.52. The molecule has 0 aliphatic carbocycles. The van der Waals surface area contributed by atoms with Gasteiger partial charge in [0, 0.05) is 5.56 Å². The summed E-state index contributed by atoms with van der Waals surface area (Å²) in [6.07, 6.45) is 2.91. The zero-order valence-corrected chi connectivity index (χ0v) is 16.5. The van der Waals surface area contributed by atoms with Crippen LogP contribution in [0.3, 0.4) is 0 Å². The van der Waals surface area contributed by atoms with Crippen LogP contribution in [0.1, 0.15) is 29.8 Å². The first-order valence-corrected chi connectivity index (χ1v) is 8.68. The number of hydrogen-bond acceptors (Lipinski definition) is 4. The minimum absolute atomic E-state index is 0.0741. The third kappa shape index (κ3) is 5.02. The lowest BCUT2D eigenvalue weighted by atomic mass is 10.1. The standard InChI is InChI=1S/C20H18Cl2O5/c1-20(2,19(24)25)27-16-11-7-13(17(21)18(16)22)6-10-15(23)12-4-8-14(26-3)9-5-12/h4-11H,1-3H3,(H,24,25)/b10-6+. The van der Waals surface area contributed by atoms with Crippen molar-refractivity contribution in [3.63, 3.8) is 0 Å². The molecule has 0 unspecified atom stereocenters. The third-order valence-corrected chi connectivity index (χ3v) is 4.62. The Bertz CT molecular complexity index is 886. The normalized spacial score (nSPS) is 11.4. The van der Waals surface area contributed by atoms with Gasteiger partial charge in [0.25, 0.3) is 0 Å². The Morgan fingerprint density at radius 3 is 2.22 bits per heavy atom. The molecule has 0 amide bonds. The van der Waals surface area contributed by atoms with Crippen LogP contribution in [0.4, 0.5) is 0 Å². The highest BCUT2D eigenvalue weighted by atomic mass is 35.5. The summed E-state index contributed by atoms with van der Waals surface area (Å²) in [5, 5.41) is 9.38. The monoisotopic (exact) mass is 408 g/mol. The second kappa shape index (κ2) is 8.46. The van der Waals surface area contributed by atoms with E-state index in [1.54, 1.807) is 37.4 Å². The average Bonchev–Trinajstić information content (AvgIpc) is 2.64. The molecule has 27 heavy (non-hydrogen) atoms. The van der Waals surface area contributed by atoms with Crippen molar-refractivity contribution >= 4 is 41.0 Å². The number of methoxy groups -OCH3 is 1. The van der Waals surface area contributed by atoms with Crippen molar-refractivity contribution in [2.45, 2.75) is 19.4 Å². The molecule has 0 atom stereocenters. The van der Waals surface area contributed by atoms with Gasteiger partial charge in [-0.1, -0.05) is 23.2 Å². The number of halogens is 2. The van der Waals surface area contributed by atoms with E-state index in [1.165, 1.54) is 32.1 Å². The third-order valence-electron chi connectivity index (χ3n) is 3.75. The second-order valence-electron chi connectivity index (χ2n) is 6.12. The van der Waals surface area contributed by atoms with E-state index >= 15 is 0 Å². The van der Waals surface area contributed by atoms with Crippen LogP contribution in [0.15, 0.2) is 42.5 Å². The molecule has 2 rings (SSSR count). The predicted octanol–water partition coefficient (Wildman–Crippen LogP) is 5.14. The maximum Gasteiger partial charge on any atom is 0.347 e. The van der Waals surface area contributed by atoms with Gasteiger partial charge in [-0.15, -0.1) is 0 Å². The zero-order valence-electron chi connectivity index (χ0n) is 15.0. The molecule has 1 N–H and O–H groups in total. The van der Waals surface area contributed by atoms with E-state index in [9.17, 15) is 9.59 Å². The Hall–Kier alpha value is -2.50. The number of benzene rings is 2. The molecule has 0 aromatic heterocycles. The number of carbonyl (C=O) groups excluding carboxylic acids is 1. The van der Waals surface area contributed by atoms with Crippen molar-refractivity contribution < 1.29 is 24.2 Å². The largest absolute Gasteiger partial charge is 0.497 e. The van der Waals surface area contributed by atoms with Crippen molar-refractivity contribution in [1.29, 1.82) is 0 Å². The van der Waals surface area contributed by atoms with E-state index in [0.717, 1.165) is 0 Å². The maximum absolute atomic E-state index is 12.2. The van der Waals surface area contributed by atoms with Crippen LogP contribution in [0.2, 0.25) is 10.0 Å². The minimum atomic E-state index is -1.46. The Labute approximate surface area is 167 Å². The summed E-state index contributed by atoms with van der Waals surface area (Å²) in [5.74, 6) is -0.543. The molecule has 2 aromatic rings. The van der Waals surface area contributed by atoms with E-state index < -0.39 is 11.6 Å². The van der Waals surface area contributed by atoms with Gasteiger partial charge in [0.15, 0.2) is 11.4 Å². The highest BCUT2D eigenvalue weighted by molar-refractivity contribution is 6.43. The SMILES string of the molecule is COc1ccc(C(=O)/C=C/c2ccc(OC(C)(C)C(=O)O)c(Cl)c2Cl)cc1. The highest BCUT2D eigenvalue weighted by Gasteiger charge is 2.30. The molecular formula is C20H18Cl2O5. The Balaban J connectivity index is 2.21. The summed E-state index contributed by atoms with van der Waals surface area (Å²) in [6, 6.07) is 9.81. The van der Waals surface area contributed by atoms with E-state index in [2.05, 4.69) is 0 Å². The van der Waals surface area contributed by atoms with Crippen molar-refractivity contribution in [2.75, 3.05) is 7.11 Å². The van der Waals surface area contributed by atoms with Gasteiger partial charge in [-0.05, 0) is 68.0 Å². The Kier molecular flexibility index (Phi) is 6.52. The van der Waals surface area contributed by atoms with Crippen LogP contribution in [-0.4, -0.2) is 29.6 Å². The van der Waals surface area contributed by atoms with E-state index in [4.69, 9.17) is 37.8 Å². The fraction of sp³-hybridized carbons (Fsp3) is 0.200. The molecule has 0 aliphatic rings. The molecule has 0 fully saturated rings. The molecule has 0 bridgehead atoms. The van der Waals surface area contributed by atoms with Crippen LogP contribution in [0, 0.1) is 0 Å². The molecule has 0 saturated carbocycles. The maximum atomic E-state index is 12.2. The van der Waals surface area contributed by atoms with E-state index in [-0.39, 0.29) is 21.6 Å². The first kappa shape index (κ1) is 20.8. The molecular weight excluding hydrogens is 391 g/mol. The molecule has 0 spiro atoms. The Morgan fingerprint density at radius 1 is 1.04 bits per heavy atom. The number of carbonyl (C=O) groups is 2. The summed E-state index contributed by atoms with van der Waals surface area (Å²) in [7, 11) is 1.55. The van der Waals surface area contributed by atoms with Gasteiger partial charge >= 0.3 is 5.97 Å². The summed E-state index contributed by atoms with van der Waals surface area (Å²) in [4.78, 5) is 23.4. The summed E-state index contributed by atoms with van der Waals surface area (Å²) in [5.41, 5.74) is -0.462. The first-order chi connectivity index (χ1) is 12.7. The highest BCUT2D eigenvalue weighted by Crippen LogP contribution is 2.37. The van der Waals surface area contributed by atoms with Gasteiger partial charge in [-0.3, -0.25) is 4.79 Å². The predicted molar refractivity (Wildman–Crippen MR) is 105 cm³/mol. The van der Waals surface area contributed by atoms with Gasteiger partial charge in [0.2, 0.25) is 0 Å². The van der Waals surface area contributed by atoms with E-state index in [1.807, 2.05) is 0 Å². The molecule has 0 aliphatic heterocycles. The zero-order chi connectivity index (χ0) is 20.2. The van der Waals surface area contributed by atoms with Crippen molar-refractivity contribution in [3.05, 3.63) is 63.6 Å². The topological polar surface area (TPSA) is 72.8 Å². The summed E-state index contributed by atoms with van der Waals surface area (Å²) >= 11 is 12.4. The number of carboxylic acids is 1. The van der Waals surface area contributed by atoms with Gasteiger partial charge in [0.1, 0.15) is 16.5 Å². The van der Waals surface area contributed by atoms with Gasteiger partial charge in [-0.2, -0.15) is 0 Å². The molecule has 142 valence electrons. The van der Waals surface area contributed by atoms with Gasteiger partial charge in [-0.25, -0.2) is 4.79 Å². The molecule has 5 nitrogen and oxygen atoms in total. The second-order valence-corrected chi connectivity index (χ2v) is 6.88. The summed E-state index contributed by atoms with van der Waals surface area (Å²) < 4.78 is 10.5. The van der Waals surface area contributed by atoms with Crippen LogP contribution in [-0.2, 0) is 4.79 Å². The number of hydrogen-bond donors (Lipinski definition) is 1. The lowest BCUT2D eigenvalue weighted by Crippen LogP contribution is -2.37.